The molecule has 7 heteroatoms. The molecule has 0 spiro atoms. The van der Waals surface area contributed by atoms with E-state index in [2.05, 4.69) is 22.5 Å². The number of hydrogen-bond acceptors (Lipinski definition) is 3. The molecule has 0 bridgehead atoms. The number of benzene rings is 1. The van der Waals surface area contributed by atoms with Crippen LogP contribution in [-0.2, 0) is 17.9 Å². The first-order chi connectivity index (χ1) is 13.0. The van der Waals surface area contributed by atoms with Gasteiger partial charge in [-0.2, -0.15) is 5.10 Å². The van der Waals surface area contributed by atoms with E-state index in [9.17, 15) is 9.59 Å². The Morgan fingerprint density at radius 3 is 2.70 bits per heavy atom. The van der Waals surface area contributed by atoms with Crippen molar-refractivity contribution in [3.05, 3.63) is 52.8 Å². The molecule has 1 fully saturated rings. The predicted molar refractivity (Wildman–Crippen MR) is 103 cm³/mol. The second-order valence-corrected chi connectivity index (χ2v) is 7.13. The fraction of sp³-hybridized carbons (Fsp3) is 0.450. The zero-order chi connectivity index (χ0) is 19.4. The molecule has 3 amide bonds. The van der Waals surface area contributed by atoms with E-state index in [1.54, 1.807) is 4.90 Å². The van der Waals surface area contributed by atoms with Crippen molar-refractivity contribution >= 4 is 11.9 Å². The van der Waals surface area contributed by atoms with Crippen LogP contribution in [0.2, 0.25) is 0 Å². The van der Waals surface area contributed by atoms with E-state index in [0.717, 1.165) is 29.8 Å². The highest BCUT2D eigenvalue weighted by Crippen LogP contribution is 2.18. The molecule has 0 unspecified atom stereocenters. The predicted octanol–water partition coefficient (Wildman–Crippen LogP) is 1.96. The van der Waals surface area contributed by atoms with Gasteiger partial charge in [0, 0.05) is 30.9 Å². The summed E-state index contributed by atoms with van der Waals surface area (Å²) in [6, 6.07) is 9.72. The van der Waals surface area contributed by atoms with Crippen LogP contribution in [0.3, 0.4) is 0 Å². The van der Waals surface area contributed by atoms with Gasteiger partial charge in [0.1, 0.15) is 0 Å². The number of rotatable bonds is 5. The Bertz CT molecular complexity index is 815. The van der Waals surface area contributed by atoms with Crippen molar-refractivity contribution in [2.45, 2.75) is 39.8 Å². The highest BCUT2D eigenvalue weighted by Gasteiger charge is 2.27. The minimum atomic E-state index is -0.457. The Hall–Kier alpha value is -2.83. The SMILES string of the molecule is Cc1nn(Cc2ccccc2)c(C)c1CNC(=O)[C@H]1CCCN(C(N)=O)C1. The summed E-state index contributed by atoms with van der Waals surface area (Å²) in [4.78, 5) is 25.4. The number of urea groups is 1. The standard InChI is InChI=1S/C20H27N5O2/c1-14-18(15(2)25(23-14)12-16-7-4-3-5-8-16)11-22-19(26)17-9-6-10-24(13-17)20(21)27/h3-5,7-8,17H,6,9-13H2,1-2H3,(H2,21,27)(H,22,26)/t17-/m0/s1. The van der Waals surface area contributed by atoms with Crippen LogP contribution in [0, 0.1) is 19.8 Å². The summed E-state index contributed by atoms with van der Waals surface area (Å²) in [6.45, 7) is 6.16. The smallest absolute Gasteiger partial charge is 0.314 e. The molecule has 1 aliphatic rings. The normalized spacial score (nSPS) is 17.0. The second-order valence-electron chi connectivity index (χ2n) is 7.13. The van der Waals surface area contributed by atoms with Gasteiger partial charge in [-0.05, 0) is 32.3 Å². The Labute approximate surface area is 159 Å². The molecule has 0 aliphatic carbocycles. The average Bonchev–Trinajstić information content (AvgIpc) is 2.93. The number of nitrogens with zero attached hydrogens (tertiary/aromatic N) is 3. The monoisotopic (exact) mass is 369 g/mol. The lowest BCUT2D eigenvalue weighted by atomic mass is 9.97. The van der Waals surface area contributed by atoms with Crippen molar-refractivity contribution in [1.82, 2.24) is 20.0 Å². The summed E-state index contributed by atoms with van der Waals surface area (Å²) in [6.07, 6.45) is 1.58. The van der Waals surface area contributed by atoms with Gasteiger partial charge < -0.3 is 16.0 Å². The molecular weight excluding hydrogens is 342 g/mol. The van der Waals surface area contributed by atoms with Gasteiger partial charge in [0.25, 0.3) is 0 Å². The van der Waals surface area contributed by atoms with E-state index < -0.39 is 6.03 Å². The van der Waals surface area contributed by atoms with Crippen LogP contribution in [0.25, 0.3) is 0 Å². The summed E-state index contributed by atoms with van der Waals surface area (Å²) in [7, 11) is 0. The maximum Gasteiger partial charge on any atom is 0.314 e. The number of nitrogens with two attached hydrogens (primary N) is 1. The molecule has 1 aromatic heterocycles. The Kier molecular flexibility index (Phi) is 5.78. The summed E-state index contributed by atoms with van der Waals surface area (Å²) in [5.41, 5.74) is 9.55. The number of carbonyl (C=O) groups excluding carboxylic acids is 2. The first kappa shape index (κ1) is 18.9. The molecule has 2 aromatic rings. The molecule has 1 aromatic carbocycles. The van der Waals surface area contributed by atoms with Gasteiger partial charge in [-0.15, -0.1) is 0 Å². The first-order valence-electron chi connectivity index (χ1n) is 9.34. The number of carbonyl (C=O) groups is 2. The van der Waals surface area contributed by atoms with E-state index in [0.29, 0.717) is 26.2 Å². The zero-order valence-corrected chi connectivity index (χ0v) is 15.9. The van der Waals surface area contributed by atoms with Gasteiger partial charge in [0.2, 0.25) is 5.91 Å². The molecule has 144 valence electrons. The van der Waals surface area contributed by atoms with Gasteiger partial charge in [0.15, 0.2) is 0 Å². The van der Waals surface area contributed by atoms with Crippen molar-refractivity contribution in [3.8, 4) is 0 Å². The lowest BCUT2D eigenvalue weighted by Crippen LogP contribution is -2.47. The van der Waals surface area contributed by atoms with Crippen LogP contribution in [0.15, 0.2) is 30.3 Å². The van der Waals surface area contributed by atoms with Gasteiger partial charge >= 0.3 is 6.03 Å². The molecule has 0 radical (unpaired) electrons. The highest BCUT2D eigenvalue weighted by atomic mass is 16.2. The quantitative estimate of drug-likeness (QED) is 0.844. The minimum absolute atomic E-state index is 0.0319. The van der Waals surface area contributed by atoms with Gasteiger partial charge in [-0.25, -0.2) is 4.79 Å². The molecule has 1 saturated heterocycles. The van der Waals surface area contributed by atoms with Crippen LogP contribution >= 0.6 is 0 Å². The fourth-order valence-corrected chi connectivity index (χ4v) is 3.61. The Morgan fingerprint density at radius 1 is 1.26 bits per heavy atom. The van der Waals surface area contributed by atoms with Crippen LogP contribution in [0.5, 0.6) is 0 Å². The van der Waals surface area contributed by atoms with Crippen molar-refractivity contribution in [2.75, 3.05) is 13.1 Å². The maximum absolute atomic E-state index is 12.5. The van der Waals surface area contributed by atoms with E-state index in [1.807, 2.05) is 36.7 Å². The first-order valence-corrected chi connectivity index (χ1v) is 9.34. The summed E-state index contributed by atoms with van der Waals surface area (Å²) >= 11 is 0. The number of hydrogen-bond donors (Lipinski definition) is 2. The number of piperidine rings is 1. The molecule has 1 aliphatic heterocycles. The molecule has 0 saturated carbocycles. The lowest BCUT2D eigenvalue weighted by molar-refractivity contribution is -0.126. The summed E-state index contributed by atoms with van der Waals surface area (Å²) in [5.74, 6) is -0.234. The topological polar surface area (TPSA) is 93.2 Å². The highest BCUT2D eigenvalue weighted by molar-refractivity contribution is 5.80. The van der Waals surface area contributed by atoms with E-state index in [1.165, 1.54) is 5.56 Å². The lowest BCUT2D eigenvalue weighted by Gasteiger charge is -2.30. The van der Waals surface area contributed by atoms with Crippen molar-refractivity contribution in [3.63, 3.8) is 0 Å². The van der Waals surface area contributed by atoms with E-state index in [4.69, 9.17) is 5.73 Å². The molecule has 2 heterocycles. The van der Waals surface area contributed by atoms with Crippen LogP contribution < -0.4 is 11.1 Å². The van der Waals surface area contributed by atoms with Gasteiger partial charge in [-0.3, -0.25) is 9.48 Å². The van der Waals surface area contributed by atoms with E-state index in [-0.39, 0.29) is 11.8 Å². The number of nitrogens with one attached hydrogen (secondary N) is 1. The molecule has 3 rings (SSSR count). The average molecular weight is 369 g/mol. The summed E-state index contributed by atoms with van der Waals surface area (Å²) < 4.78 is 1.97. The largest absolute Gasteiger partial charge is 0.352 e. The number of amides is 3. The van der Waals surface area contributed by atoms with Crippen LogP contribution in [0.4, 0.5) is 4.79 Å². The molecule has 3 N–H and O–H groups in total. The molecular formula is C20H27N5O2. The minimum Gasteiger partial charge on any atom is -0.352 e. The number of aryl methyl sites for hydroxylation is 1. The number of aromatic nitrogens is 2. The Balaban J connectivity index is 1.62. The molecule has 1 atom stereocenters. The zero-order valence-electron chi connectivity index (χ0n) is 15.9. The number of likely N-dealkylation sites (tertiary alicyclic amines) is 1. The van der Waals surface area contributed by atoms with Gasteiger partial charge in [0.05, 0.1) is 18.2 Å². The fourth-order valence-electron chi connectivity index (χ4n) is 3.61. The summed E-state index contributed by atoms with van der Waals surface area (Å²) in [5, 5.41) is 7.64. The third-order valence-electron chi connectivity index (χ3n) is 5.25. The third kappa shape index (κ3) is 4.48. The third-order valence-corrected chi connectivity index (χ3v) is 5.25. The van der Waals surface area contributed by atoms with Crippen LogP contribution in [-0.4, -0.2) is 39.7 Å². The van der Waals surface area contributed by atoms with Crippen LogP contribution in [0.1, 0.15) is 35.4 Å². The second kappa shape index (κ2) is 8.24. The Morgan fingerprint density at radius 2 is 2.00 bits per heavy atom. The van der Waals surface area contributed by atoms with Crippen molar-refractivity contribution in [1.29, 1.82) is 0 Å². The van der Waals surface area contributed by atoms with Crippen molar-refractivity contribution < 1.29 is 9.59 Å². The molecule has 27 heavy (non-hydrogen) atoms. The van der Waals surface area contributed by atoms with E-state index >= 15 is 0 Å². The van der Waals surface area contributed by atoms with Crippen molar-refractivity contribution in [2.24, 2.45) is 11.7 Å². The number of primary amides is 1. The van der Waals surface area contributed by atoms with Gasteiger partial charge in [-0.1, -0.05) is 30.3 Å². The maximum atomic E-state index is 12.5. The molecule has 7 nitrogen and oxygen atoms in total.